The molecule has 5 atom stereocenters. The van der Waals surface area contributed by atoms with Crippen molar-refractivity contribution in [2.75, 3.05) is 6.61 Å². The zero-order valence-corrected chi connectivity index (χ0v) is 17.0. The molecule has 1 heterocycles. The van der Waals surface area contributed by atoms with Gasteiger partial charge in [0.1, 0.15) is 30.5 Å². The van der Waals surface area contributed by atoms with Crippen LogP contribution in [0, 0.1) is 12.3 Å². The van der Waals surface area contributed by atoms with E-state index in [1.54, 1.807) is 12.1 Å². The summed E-state index contributed by atoms with van der Waals surface area (Å²) in [6.45, 7) is 3.57. The maximum absolute atomic E-state index is 10.4. The van der Waals surface area contributed by atoms with Crippen molar-refractivity contribution in [1.82, 2.24) is 0 Å². The summed E-state index contributed by atoms with van der Waals surface area (Å²) in [5.41, 5.74) is 2.71. The zero-order chi connectivity index (χ0) is 21.3. The first-order valence-corrected chi connectivity index (χ1v) is 9.76. The van der Waals surface area contributed by atoms with Crippen molar-refractivity contribution < 1.29 is 25.2 Å². The maximum atomic E-state index is 10.4. The molecule has 6 heteroatoms. The summed E-state index contributed by atoms with van der Waals surface area (Å²) in [5.74, 6) is 2.60. The first-order chi connectivity index (χ1) is 13.7. The summed E-state index contributed by atoms with van der Waals surface area (Å²) in [6, 6.07) is 12.9. The molecule has 0 aliphatic carbocycles. The van der Waals surface area contributed by atoms with Gasteiger partial charge in [0.05, 0.1) is 6.61 Å². The van der Waals surface area contributed by atoms with Crippen molar-refractivity contribution in [1.29, 1.82) is 0 Å². The van der Waals surface area contributed by atoms with E-state index in [2.05, 4.69) is 5.92 Å². The molecule has 2 aromatic rings. The van der Waals surface area contributed by atoms with Crippen LogP contribution in [0.4, 0.5) is 0 Å². The highest BCUT2D eigenvalue weighted by molar-refractivity contribution is 6.31. The van der Waals surface area contributed by atoms with Crippen LogP contribution >= 0.6 is 11.6 Å². The monoisotopic (exact) mass is 416 g/mol. The maximum Gasteiger partial charge on any atom is 0.113 e. The fourth-order valence-corrected chi connectivity index (χ4v) is 4.07. The smallest absolute Gasteiger partial charge is 0.113 e. The molecule has 0 bridgehead atoms. The molecule has 0 saturated carbocycles. The van der Waals surface area contributed by atoms with E-state index in [-0.39, 0.29) is 0 Å². The molecule has 2 aromatic carbocycles. The topological polar surface area (TPSA) is 90.2 Å². The van der Waals surface area contributed by atoms with Crippen molar-refractivity contribution in [3.63, 3.8) is 0 Å². The highest BCUT2D eigenvalue weighted by Gasteiger charge is 2.44. The van der Waals surface area contributed by atoms with Gasteiger partial charge in [0.2, 0.25) is 0 Å². The van der Waals surface area contributed by atoms with E-state index in [9.17, 15) is 20.4 Å². The van der Waals surface area contributed by atoms with Gasteiger partial charge >= 0.3 is 0 Å². The van der Waals surface area contributed by atoms with Gasteiger partial charge in [0.25, 0.3) is 0 Å². The lowest BCUT2D eigenvalue weighted by Gasteiger charge is -2.40. The van der Waals surface area contributed by atoms with Crippen LogP contribution in [0.15, 0.2) is 42.5 Å². The molecule has 0 radical (unpaired) electrons. The molecule has 3 rings (SSSR count). The van der Waals surface area contributed by atoms with E-state index in [1.165, 1.54) is 0 Å². The first kappa shape index (κ1) is 21.8. The van der Waals surface area contributed by atoms with Gasteiger partial charge in [0, 0.05) is 16.0 Å². The van der Waals surface area contributed by atoms with Gasteiger partial charge < -0.3 is 25.2 Å². The molecule has 1 aliphatic rings. The van der Waals surface area contributed by atoms with E-state index in [0.29, 0.717) is 10.6 Å². The van der Waals surface area contributed by atoms with Gasteiger partial charge in [-0.05, 0) is 34.9 Å². The van der Waals surface area contributed by atoms with Gasteiger partial charge in [-0.2, -0.15) is 0 Å². The average molecular weight is 417 g/mol. The SMILES string of the molecule is C#Cc1ccc(C(C)(C)c2cc(C3O[C@H](CO)[C@@H](O)[C@H](O)[C@H]3O)ccc2Cl)cc1. The highest BCUT2D eigenvalue weighted by atomic mass is 35.5. The number of aliphatic hydroxyl groups is 4. The Morgan fingerprint density at radius 3 is 2.28 bits per heavy atom. The van der Waals surface area contributed by atoms with Gasteiger partial charge in [-0.15, -0.1) is 6.42 Å². The van der Waals surface area contributed by atoms with Gasteiger partial charge in [-0.1, -0.05) is 55.6 Å². The molecule has 1 unspecified atom stereocenters. The Bertz CT molecular complexity index is 900. The number of terminal acetylenes is 1. The lowest BCUT2D eigenvalue weighted by molar-refractivity contribution is -0.231. The Labute approximate surface area is 175 Å². The van der Waals surface area contributed by atoms with Crippen LogP contribution in [0.3, 0.4) is 0 Å². The minimum Gasteiger partial charge on any atom is -0.394 e. The summed E-state index contributed by atoms with van der Waals surface area (Å²) in [6.07, 6.45) is -0.630. The molecular formula is C23H25ClO5. The molecule has 1 fully saturated rings. The Morgan fingerprint density at radius 1 is 1.03 bits per heavy atom. The van der Waals surface area contributed by atoms with Crippen molar-refractivity contribution in [3.8, 4) is 12.3 Å². The lowest BCUT2D eigenvalue weighted by atomic mass is 9.77. The molecule has 0 spiro atoms. The number of ether oxygens (including phenoxy) is 1. The van der Waals surface area contributed by atoms with Crippen molar-refractivity contribution in [3.05, 3.63) is 69.7 Å². The first-order valence-electron chi connectivity index (χ1n) is 9.38. The molecule has 0 amide bonds. The zero-order valence-electron chi connectivity index (χ0n) is 16.3. The predicted octanol–water partition coefficient (Wildman–Crippen LogP) is 2.16. The quantitative estimate of drug-likeness (QED) is 0.573. The Hall–Kier alpha value is -1.91. The van der Waals surface area contributed by atoms with Crippen LogP contribution in [0.5, 0.6) is 0 Å². The highest BCUT2D eigenvalue weighted by Crippen LogP contribution is 2.40. The van der Waals surface area contributed by atoms with E-state index in [0.717, 1.165) is 16.7 Å². The second-order valence-corrected chi connectivity index (χ2v) is 8.24. The van der Waals surface area contributed by atoms with E-state index in [1.807, 2.05) is 44.2 Å². The lowest BCUT2D eigenvalue weighted by Crippen LogP contribution is -2.55. The number of benzene rings is 2. The van der Waals surface area contributed by atoms with E-state index < -0.39 is 42.5 Å². The minimum atomic E-state index is -1.44. The number of halogens is 1. The fourth-order valence-electron chi connectivity index (χ4n) is 3.71. The average Bonchev–Trinajstić information content (AvgIpc) is 2.73. The summed E-state index contributed by atoms with van der Waals surface area (Å²) in [5, 5.41) is 40.5. The van der Waals surface area contributed by atoms with Crippen LogP contribution in [0.1, 0.15) is 42.2 Å². The Morgan fingerprint density at radius 2 is 1.69 bits per heavy atom. The van der Waals surface area contributed by atoms with E-state index in [4.69, 9.17) is 22.8 Å². The van der Waals surface area contributed by atoms with Gasteiger partial charge in [-0.3, -0.25) is 0 Å². The normalized spacial score (nSPS) is 27.4. The Kier molecular flexibility index (Phi) is 6.35. The largest absolute Gasteiger partial charge is 0.394 e. The van der Waals surface area contributed by atoms with Crippen LogP contribution < -0.4 is 0 Å². The van der Waals surface area contributed by atoms with Gasteiger partial charge in [-0.25, -0.2) is 0 Å². The van der Waals surface area contributed by atoms with E-state index >= 15 is 0 Å². The third-order valence-corrected chi connectivity index (χ3v) is 5.99. The number of aliphatic hydroxyl groups excluding tert-OH is 4. The molecule has 4 N–H and O–H groups in total. The summed E-state index contributed by atoms with van der Waals surface area (Å²) < 4.78 is 5.68. The van der Waals surface area contributed by atoms with Crippen LogP contribution in [-0.2, 0) is 10.2 Å². The summed E-state index contributed by atoms with van der Waals surface area (Å²) in [4.78, 5) is 0. The Balaban J connectivity index is 2.00. The third-order valence-electron chi connectivity index (χ3n) is 5.66. The fraction of sp³-hybridized carbons (Fsp3) is 0.391. The molecule has 29 heavy (non-hydrogen) atoms. The van der Waals surface area contributed by atoms with Crippen LogP contribution in [-0.4, -0.2) is 51.4 Å². The summed E-state index contributed by atoms with van der Waals surface area (Å²) >= 11 is 6.51. The van der Waals surface area contributed by atoms with Crippen LogP contribution in [0.2, 0.25) is 5.02 Å². The minimum absolute atomic E-state index is 0.477. The van der Waals surface area contributed by atoms with Crippen molar-refractivity contribution in [2.24, 2.45) is 0 Å². The summed E-state index contributed by atoms with van der Waals surface area (Å²) in [7, 11) is 0. The molecule has 0 aromatic heterocycles. The van der Waals surface area contributed by atoms with Crippen molar-refractivity contribution in [2.45, 2.75) is 49.8 Å². The molecule has 5 nitrogen and oxygen atoms in total. The third kappa shape index (κ3) is 4.06. The number of hydrogen-bond donors (Lipinski definition) is 4. The van der Waals surface area contributed by atoms with Gasteiger partial charge in [0.15, 0.2) is 0 Å². The second kappa shape index (κ2) is 8.45. The molecule has 154 valence electrons. The second-order valence-electron chi connectivity index (χ2n) is 7.84. The standard InChI is InChI=1S/C23H25ClO5/c1-4-13-5-8-15(9-6-13)23(2,3)16-11-14(7-10-17(16)24)22-21(28)20(27)19(26)18(12-25)29-22/h1,5-11,18-22,25-28H,12H2,2-3H3/t18-,19-,20+,21-,22?/m1/s1. The number of rotatable bonds is 4. The van der Waals surface area contributed by atoms with Crippen molar-refractivity contribution >= 4 is 11.6 Å². The molecular weight excluding hydrogens is 392 g/mol. The number of hydrogen-bond acceptors (Lipinski definition) is 5. The molecule has 1 saturated heterocycles. The van der Waals surface area contributed by atoms with Crippen LogP contribution in [0.25, 0.3) is 0 Å². The predicted molar refractivity (Wildman–Crippen MR) is 111 cm³/mol. The molecule has 1 aliphatic heterocycles.